The van der Waals surface area contributed by atoms with Gasteiger partial charge in [0.2, 0.25) is 0 Å². The summed E-state index contributed by atoms with van der Waals surface area (Å²) in [4.78, 5) is 11.4. The first-order valence-electron chi connectivity index (χ1n) is 3.95. The predicted octanol–water partition coefficient (Wildman–Crippen LogP) is 2.93. The van der Waals surface area contributed by atoms with Gasteiger partial charge in [0, 0.05) is 4.47 Å². The molecule has 2 nitrogen and oxygen atoms in total. The summed E-state index contributed by atoms with van der Waals surface area (Å²) in [6.07, 6.45) is 0. The Morgan fingerprint density at radius 1 is 1.64 bits per heavy atom. The Balaban J connectivity index is 3.09. The average molecular weight is 256 g/mol. The van der Waals surface area contributed by atoms with Crippen molar-refractivity contribution in [3.8, 4) is 6.07 Å². The number of benzene rings is 1. The van der Waals surface area contributed by atoms with E-state index in [4.69, 9.17) is 5.26 Å². The fourth-order valence-corrected chi connectivity index (χ4v) is 1.31. The van der Waals surface area contributed by atoms with E-state index in [1.807, 2.05) is 0 Å². The zero-order valence-electron chi connectivity index (χ0n) is 7.42. The summed E-state index contributed by atoms with van der Waals surface area (Å²) in [5, 5.41) is 8.51. The molecule has 0 radical (unpaired) electrons. The summed E-state index contributed by atoms with van der Waals surface area (Å²) in [6, 6.07) is 5.92. The predicted molar refractivity (Wildman–Crippen MR) is 53.2 cm³/mol. The Morgan fingerprint density at radius 3 is 2.79 bits per heavy atom. The Hall–Kier alpha value is -1.21. The number of Topliss-reactive ketones (excluding diaryl/α,β-unsaturated/α-hetero) is 1. The lowest BCUT2D eigenvalue weighted by Gasteiger charge is -2.03. The van der Waals surface area contributed by atoms with Crippen molar-refractivity contribution >= 4 is 21.7 Å². The molecule has 1 aromatic carbocycles. The third-order valence-electron chi connectivity index (χ3n) is 1.78. The zero-order chi connectivity index (χ0) is 10.7. The first kappa shape index (κ1) is 10.9. The molecule has 72 valence electrons. The molecule has 0 fully saturated rings. The molecule has 4 heteroatoms. The molecule has 0 aliphatic rings. The van der Waals surface area contributed by atoms with Crippen LogP contribution in [0.15, 0.2) is 22.7 Å². The number of ketones is 1. The Kier molecular flexibility index (Phi) is 3.37. The minimum Gasteiger partial charge on any atom is -0.293 e. The second-order valence-corrected chi connectivity index (χ2v) is 3.75. The van der Waals surface area contributed by atoms with Gasteiger partial charge in [-0.05, 0) is 25.1 Å². The van der Waals surface area contributed by atoms with Gasteiger partial charge in [0.25, 0.3) is 0 Å². The summed E-state index contributed by atoms with van der Waals surface area (Å²) in [5.74, 6) is -1.91. The first-order chi connectivity index (χ1) is 6.56. The molecule has 0 aliphatic heterocycles. The van der Waals surface area contributed by atoms with Gasteiger partial charge in [-0.2, -0.15) is 5.26 Å². The largest absolute Gasteiger partial charge is 0.293 e. The molecule has 1 aromatic rings. The van der Waals surface area contributed by atoms with Crippen LogP contribution >= 0.6 is 15.9 Å². The Labute approximate surface area is 89.5 Å². The van der Waals surface area contributed by atoms with Crippen LogP contribution in [-0.2, 0) is 0 Å². The number of halogens is 2. The molecule has 0 aromatic heterocycles. The van der Waals surface area contributed by atoms with Crippen LogP contribution in [0.3, 0.4) is 0 Å². The molecule has 1 unspecified atom stereocenters. The highest BCUT2D eigenvalue weighted by atomic mass is 79.9. The highest BCUT2D eigenvalue weighted by Crippen LogP contribution is 2.17. The first-order valence-corrected chi connectivity index (χ1v) is 4.74. The Morgan fingerprint density at radius 2 is 2.29 bits per heavy atom. The molecule has 1 atom stereocenters. The van der Waals surface area contributed by atoms with Gasteiger partial charge in [-0.15, -0.1) is 0 Å². The van der Waals surface area contributed by atoms with Crippen molar-refractivity contribution in [1.29, 1.82) is 5.26 Å². The Bertz CT molecular complexity index is 411. The van der Waals surface area contributed by atoms with Gasteiger partial charge in [0.15, 0.2) is 5.78 Å². The molecule has 0 spiro atoms. The van der Waals surface area contributed by atoms with Gasteiger partial charge < -0.3 is 0 Å². The van der Waals surface area contributed by atoms with Crippen molar-refractivity contribution in [2.24, 2.45) is 5.92 Å². The number of nitriles is 1. The van der Waals surface area contributed by atoms with Gasteiger partial charge >= 0.3 is 0 Å². The fourth-order valence-electron chi connectivity index (χ4n) is 0.981. The molecular weight excluding hydrogens is 249 g/mol. The standard InChI is InChI=1S/C10H7BrFNO/c1-6(5-13)10(14)8-3-2-7(11)4-9(8)12/h2-4,6H,1H3. The van der Waals surface area contributed by atoms with Crippen LogP contribution in [0.25, 0.3) is 0 Å². The average Bonchev–Trinajstić information content (AvgIpc) is 2.15. The summed E-state index contributed by atoms with van der Waals surface area (Å²) < 4.78 is 13.8. The van der Waals surface area contributed by atoms with E-state index in [0.717, 1.165) is 0 Å². The molecule has 0 saturated carbocycles. The van der Waals surface area contributed by atoms with E-state index in [-0.39, 0.29) is 5.56 Å². The van der Waals surface area contributed by atoms with Gasteiger partial charge in [0.05, 0.1) is 11.6 Å². The second kappa shape index (κ2) is 4.34. The molecule has 14 heavy (non-hydrogen) atoms. The van der Waals surface area contributed by atoms with Crippen LogP contribution in [0, 0.1) is 23.1 Å². The maximum Gasteiger partial charge on any atom is 0.182 e. The van der Waals surface area contributed by atoms with Crippen LogP contribution in [0.1, 0.15) is 17.3 Å². The molecule has 0 aliphatic carbocycles. The monoisotopic (exact) mass is 255 g/mol. The van der Waals surface area contributed by atoms with E-state index in [2.05, 4.69) is 15.9 Å². The van der Waals surface area contributed by atoms with Gasteiger partial charge in [0.1, 0.15) is 11.7 Å². The van der Waals surface area contributed by atoms with Crippen molar-refractivity contribution in [2.45, 2.75) is 6.92 Å². The number of hydrogen-bond donors (Lipinski definition) is 0. The molecule has 0 amide bonds. The van der Waals surface area contributed by atoms with Crippen LogP contribution in [0.2, 0.25) is 0 Å². The highest BCUT2D eigenvalue weighted by molar-refractivity contribution is 9.10. The van der Waals surface area contributed by atoms with Crippen molar-refractivity contribution in [1.82, 2.24) is 0 Å². The number of carbonyl (C=O) groups is 1. The maximum atomic E-state index is 13.2. The fraction of sp³-hybridized carbons (Fsp3) is 0.200. The van der Waals surface area contributed by atoms with Crippen molar-refractivity contribution < 1.29 is 9.18 Å². The van der Waals surface area contributed by atoms with Crippen molar-refractivity contribution in [3.05, 3.63) is 34.1 Å². The number of nitrogens with zero attached hydrogens (tertiary/aromatic N) is 1. The normalized spacial score (nSPS) is 11.9. The second-order valence-electron chi connectivity index (χ2n) is 2.84. The van der Waals surface area contributed by atoms with E-state index >= 15 is 0 Å². The quantitative estimate of drug-likeness (QED) is 0.763. The topological polar surface area (TPSA) is 40.9 Å². The van der Waals surface area contributed by atoms with E-state index in [9.17, 15) is 9.18 Å². The smallest absolute Gasteiger partial charge is 0.182 e. The summed E-state index contributed by atoms with van der Waals surface area (Å²) >= 11 is 3.08. The zero-order valence-corrected chi connectivity index (χ0v) is 9.01. The van der Waals surface area contributed by atoms with Crippen LogP contribution < -0.4 is 0 Å². The van der Waals surface area contributed by atoms with Crippen LogP contribution in [0.5, 0.6) is 0 Å². The lowest BCUT2D eigenvalue weighted by Crippen LogP contribution is -2.10. The highest BCUT2D eigenvalue weighted by Gasteiger charge is 2.17. The minimum atomic E-state index is -0.814. The third-order valence-corrected chi connectivity index (χ3v) is 2.28. The third kappa shape index (κ3) is 2.18. The van der Waals surface area contributed by atoms with Crippen molar-refractivity contribution in [2.75, 3.05) is 0 Å². The summed E-state index contributed by atoms with van der Waals surface area (Å²) in [6.45, 7) is 1.45. The molecule has 0 heterocycles. The number of rotatable bonds is 2. The molecule has 0 N–H and O–H groups in total. The minimum absolute atomic E-state index is 0.0396. The van der Waals surface area contributed by atoms with Crippen LogP contribution in [-0.4, -0.2) is 5.78 Å². The maximum absolute atomic E-state index is 13.2. The van der Waals surface area contributed by atoms with E-state index in [1.54, 1.807) is 12.1 Å². The number of carbonyl (C=O) groups excluding carboxylic acids is 1. The van der Waals surface area contributed by atoms with Gasteiger partial charge in [-0.3, -0.25) is 4.79 Å². The molecule has 0 saturated heterocycles. The lowest BCUT2D eigenvalue weighted by atomic mass is 10.0. The molecule has 1 rings (SSSR count). The molecular formula is C10H7BrFNO. The summed E-state index contributed by atoms with van der Waals surface area (Å²) in [7, 11) is 0. The van der Waals surface area contributed by atoms with Crippen LogP contribution in [0.4, 0.5) is 4.39 Å². The lowest BCUT2D eigenvalue weighted by molar-refractivity contribution is 0.0952. The van der Waals surface area contributed by atoms with E-state index in [0.29, 0.717) is 4.47 Å². The number of hydrogen-bond acceptors (Lipinski definition) is 2. The van der Waals surface area contributed by atoms with Crippen molar-refractivity contribution in [3.63, 3.8) is 0 Å². The van der Waals surface area contributed by atoms with Gasteiger partial charge in [-0.1, -0.05) is 15.9 Å². The molecule has 0 bridgehead atoms. The van der Waals surface area contributed by atoms with Gasteiger partial charge in [-0.25, -0.2) is 4.39 Å². The van der Waals surface area contributed by atoms with E-state index < -0.39 is 17.5 Å². The van der Waals surface area contributed by atoms with E-state index in [1.165, 1.54) is 19.1 Å². The SMILES string of the molecule is CC(C#N)C(=O)c1ccc(Br)cc1F. The summed E-state index contributed by atoms with van der Waals surface area (Å²) in [5.41, 5.74) is -0.0396.